The van der Waals surface area contributed by atoms with Crippen LogP contribution in [0.25, 0.3) is 0 Å². The van der Waals surface area contributed by atoms with E-state index in [4.69, 9.17) is 4.74 Å². The van der Waals surface area contributed by atoms with Gasteiger partial charge in [0.2, 0.25) is 0 Å². The molecule has 1 amide bonds. The van der Waals surface area contributed by atoms with Crippen LogP contribution in [0, 0.1) is 20.8 Å². The van der Waals surface area contributed by atoms with Gasteiger partial charge in [-0.1, -0.05) is 12.1 Å². The van der Waals surface area contributed by atoms with Crippen LogP contribution in [0.1, 0.15) is 44.5 Å². The highest BCUT2D eigenvalue weighted by molar-refractivity contribution is 7.12. The number of hydrogen-bond acceptors (Lipinski definition) is 5. The normalized spacial score (nSPS) is 14.7. The first kappa shape index (κ1) is 22.6. The van der Waals surface area contributed by atoms with Gasteiger partial charge in [-0.3, -0.25) is 14.4 Å². The molecule has 0 N–H and O–H groups in total. The van der Waals surface area contributed by atoms with Gasteiger partial charge in [-0.2, -0.15) is 5.10 Å². The van der Waals surface area contributed by atoms with Crippen molar-refractivity contribution in [3.8, 4) is 5.75 Å². The molecule has 7 heteroatoms. The molecule has 3 heterocycles. The second kappa shape index (κ2) is 9.88. The maximum absolute atomic E-state index is 13.0. The number of thiophene rings is 1. The number of amides is 1. The van der Waals surface area contributed by atoms with Crippen molar-refractivity contribution in [3.63, 3.8) is 0 Å². The number of piperazine rings is 1. The number of aryl methyl sites for hydroxylation is 4. The van der Waals surface area contributed by atoms with Crippen LogP contribution in [0.2, 0.25) is 0 Å². The van der Waals surface area contributed by atoms with Crippen LogP contribution in [0.3, 0.4) is 0 Å². The second-order valence-electron chi connectivity index (χ2n) is 8.54. The number of ether oxygens (including phenoxy) is 1. The second-order valence-corrected chi connectivity index (χ2v) is 9.45. The third-order valence-electron chi connectivity index (χ3n) is 6.03. The fourth-order valence-electron chi connectivity index (χ4n) is 3.97. The first-order valence-electron chi connectivity index (χ1n) is 11.2. The summed E-state index contributed by atoms with van der Waals surface area (Å²) in [5, 5.41) is 6.57. The van der Waals surface area contributed by atoms with Gasteiger partial charge in [-0.15, -0.1) is 11.3 Å². The molecular weight excluding hydrogens is 420 g/mol. The maximum Gasteiger partial charge on any atom is 0.264 e. The van der Waals surface area contributed by atoms with Crippen molar-refractivity contribution >= 4 is 17.2 Å². The molecule has 1 fully saturated rings. The van der Waals surface area contributed by atoms with Crippen molar-refractivity contribution in [2.75, 3.05) is 26.2 Å². The van der Waals surface area contributed by atoms with Gasteiger partial charge in [0.25, 0.3) is 5.91 Å². The summed E-state index contributed by atoms with van der Waals surface area (Å²) < 4.78 is 7.99. The summed E-state index contributed by atoms with van der Waals surface area (Å²) in [5.74, 6) is 1.03. The van der Waals surface area contributed by atoms with E-state index in [9.17, 15) is 4.79 Å². The van der Waals surface area contributed by atoms with Crippen molar-refractivity contribution in [3.05, 3.63) is 68.7 Å². The summed E-state index contributed by atoms with van der Waals surface area (Å²) in [6.45, 7) is 13.8. The Hall–Kier alpha value is -2.64. The molecule has 170 valence electrons. The third-order valence-corrected chi connectivity index (χ3v) is 7.00. The number of rotatable bonds is 7. The maximum atomic E-state index is 13.0. The molecule has 0 saturated carbocycles. The minimum atomic E-state index is 0.127. The number of nitrogens with zero attached hydrogens (tertiary/aromatic N) is 4. The summed E-state index contributed by atoms with van der Waals surface area (Å²) >= 11 is 1.51. The van der Waals surface area contributed by atoms with Crippen molar-refractivity contribution in [2.24, 2.45) is 0 Å². The Morgan fingerprint density at radius 3 is 2.62 bits per heavy atom. The van der Waals surface area contributed by atoms with Crippen LogP contribution in [0.15, 0.2) is 35.8 Å². The van der Waals surface area contributed by atoms with E-state index >= 15 is 0 Å². The van der Waals surface area contributed by atoms with Crippen LogP contribution >= 0.6 is 11.3 Å². The first-order valence-corrected chi connectivity index (χ1v) is 12.1. The molecule has 0 atom stereocenters. The molecule has 1 saturated heterocycles. The summed E-state index contributed by atoms with van der Waals surface area (Å²) in [4.78, 5) is 18.2. The summed E-state index contributed by atoms with van der Waals surface area (Å²) in [6.07, 6.45) is 2.14. The Morgan fingerprint density at radius 2 is 1.91 bits per heavy atom. The number of benzene rings is 1. The fourth-order valence-corrected chi connectivity index (χ4v) is 4.83. The summed E-state index contributed by atoms with van der Waals surface area (Å²) in [6, 6.07) is 8.20. The molecule has 1 aliphatic heterocycles. The highest BCUT2D eigenvalue weighted by Gasteiger charge is 2.24. The topological polar surface area (TPSA) is 50.6 Å². The van der Waals surface area contributed by atoms with Crippen molar-refractivity contribution in [1.29, 1.82) is 0 Å². The predicted molar refractivity (Wildman–Crippen MR) is 128 cm³/mol. The Balaban J connectivity index is 1.29. The van der Waals surface area contributed by atoms with Gasteiger partial charge in [-0.25, -0.2) is 0 Å². The zero-order valence-electron chi connectivity index (χ0n) is 19.4. The van der Waals surface area contributed by atoms with Gasteiger partial charge < -0.3 is 9.64 Å². The zero-order chi connectivity index (χ0) is 22.7. The third kappa shape index (κ3) is 5.22. The summed E-state index contributed by atoms with van der Waals surface area (Å²) in [7, 11) is 0. The lowest BCUT2D eigenvalue weighted by Crippen LogP contribution is -2.48. The number of aromatic nitrogens is 2. The SMILES string of the molecule is CCn1cc(CN2CCN(C(=O)c3cc(COc4cc(C)ccc4C)cs3)CC2)c(C)n1. The molecule has 0 unspecified atom stereocenters. The molecule has 1 aliphatic rings. The average Bonchev–Trinajstić information content (AvgIpc) is 3.41. The van der Waals surface area contributed by atoms with Gasteiger partial charge in [0, 0.05) is 56.6 Å². The van der Waals surface area contributed by atoms with Gasteiger partial charge in [0.1, 0.15) is 12.4 Å². The monoisotopic (exact) mass is 452 g/mol. The van der Waals surface area contributed by atoms with Crippen molar-refractivity contribution in [2.45, 2.75) is 47.4 Å². The number of hydrogen-bond donors (Lipinski definition) is 0. The smallest absolute Gasteiger partial charge is 0.264 e. The molecule has 0 aliphatic carbocycles. The van der Waals surface area contributed by atoms with Gasteiger partial charge in [0.15, 0.2) is 0 Å². The van der Waals surface area contributed by atoms with Gasteiger partial charge in [0.05, 0.1) is 10.6 Å². The predicted octanol–water partition coefficient (Wildman–Crippen LogP) is 4.43. The Labute approximate surface area is 194 Å². The average molecular weight is 453 g/mol. The molecule has 0 bridgehead atoms. The number of carbonyl (C=O) groups is 1. The largest absolute Gasteiger partial charge is 0.489 e. The minimum Gasteiger partial charge on any atom is -0.489 e. The lowest BCUT2D eigenvalue weighted by molar-refractivity contribution is 0.0633. The van der Waals surface area contributed by atoms with Crippen LogP contribution in [-0.2, 0) is 19.7 Å². The van der Waals surface area contributed by atoms with E-state index in [-0.39, 0.29) is 5.91 Å². The molecule has 0 spiro atoms. The van der Waals surface area contributed by atoms with Gasteiger partial charge in [-0.05, 0) is 56.3 Å². The molecule has 6 nitrogen and oxygen atoms in total. The molecular formula is C25H32N4O2S. The fraction of sp³-hybridized carbons (Fsp3) is 0.440. The Bertz CT molecular complexity index is 1080. The molecule has 4 rings (SSSR count). The van der Waals surface area contributed by atoms with E-state index in [2.05, 4.69) is 55.2 Å². The number of carbonyl (C=O) groups excluding carboxylic acids is 1. The minimum absolute atomic E-state index is 0.127. The first-order chi connectivity index (χ1) is 15.4. The highest BCUT2D eigenvalue weighted by Crippen LogP contribution is 2.23. The van der Waals surface area contributed by atoms with E-state index in [1.165, 1.54) is 22.5 Å². The summed E-state index contributed by atoms with van der Waals surface area (Å²) in [5.41, 5.74) is 5.72. The van der Waals surface area contributed by atoms with Gasteiger partial charge >= 0.3 is 0 Å². The van der Waals surface area contributed by atoms with Crippen molar-refractivity contribution < 1.29 is 9.53 Å². The standard InChI is InChI=1S/C25H32N4O2S/c1-5-29-15-22(20(4)26-29)14-27-8-10-28(11-9-27)25(30)24-13-21(17-32-24)16-31-23-12-18(2)6-7-19(23)3/h6-7,12-13,15,17H,5,8-11,14,16H2,1-4H3. The lowest BCUT2D eigenvalue weighted by Gasteiger charge is -2.34. The van der Waals surface area contributed by atoms with E-state index in [1.807, 2.05) is 28.0 Å². The molecule has 3 aromatic rings. The van der Waals surface area contributed by atoms with Crippen LogP contribution < -0.4 is 4.74 Å². The Kier molecular flexibility index (Phi) is 6.96. The van der Waals surface area contributed by atoms with E-state index in [1.54, 1.807) is 0 Å². The van der Waals surface area contributed by atoms with E-state index in [0.29, 0.717) is 6.61 Å². The molecule has 32 heavy (non-hydrogen) atoms. The van der Waals surface area contributed by atoms with Crippen LogP contribution in [0.4, 0.5) is 0 Å². The molecule has 2 aromatic heterocycles. The molecule has 1 aromatic carbocycles. The van der Waals surface area contributed by atoms with Crippen molar-refractivity contribution in [1.82, 2.24) is 19.6 Å². The highest BCUT2D eigenvalue weighted by atomic mass is 32.1. The van der Waals surface area contributed by atoms with E-state index < -0.39 is 0 Å². The lowest BCUT2D eigenvalue weighted by atomic mass is 10.1. The molecule has 0 radical (unpaired) electrons. The zero-order valence-corrected chi connectivity index (χ0v) is 20.2. The quantitative estimate of drug-likeness (QED) is 0.532. The Morgan fingerprint density at radius 1 is 1.12 bits per heavy atom. The van der Waals surface area contributed by atoms with Crippen LogP contribution in [-0.4, -0.2) is 51.7 Å². The van der Waals surface area contributed by atoms with E-state index in [0.717, 1.165) is 66.7 Å². The van der Waals surface area contributed by atoms with Crippen LogP contribution in [0.5, 0.6) is 5.75 Å².